The summed E-state index contributed by atoms with van der Waals surface area (Å²) >= 11 is 0. The summed E-state index contributed by atoms with van der Waals surface area (Å²) in [5.74, 6) is -0.0743. The molecule has 1 saturated carbocycles. The third kappa shape index (κ3) is 3.90. The zero-order chi connectivity index (χ0) is 16.7. The van der Waals surface area contributed by atoms with Crippen molar-refractivity contribution in [1.29, 1.82) is 0 Å². The third-order valence-corrected chi connectivity index (χ3v) is 6.18. The lowest BCUT2D eigenvalue weighted by Gasteiger charge is -2.23. The summed E-state index contributed by atoms with van der Waals surface area (Å²) in [6, 6.07) is 6.63. The molecule has 6 nitrogen and oxygen atoms in total. The van der Waals surface area contributed by atoms with Crippen LogP contribution >= 0.6 is 0 Å². The van der Waals surface area contributed by atoms with Gasteiger partial charge in [-0.3, -0.25) is 9.59 Å². The Bertz CT molecular complexity index is 738. The first-order valence-corrected chi connectivity index (χ1v) is 9.52. The van der Waals surface area contributed by atoms with Crippen molar-refractivity contribution in [2.24, 2.45) is 5.92 Å². The number of carbonyl (C=O) groups is 2. The normalized spacial score (nSPS) is 25.8. The zero-order valence-electron chi connectivity index (χ0n) is 13.0. The fourth-order valence-electron chi connectivity index (χ4n) is 2.75. The molecule has 0 bridgehead atoms. The second-order valence-electron chi connectivity index (χ2n) is 6.70. The van der Waals surface area contributed by atoms with Crippen LogP contribution in [-0.4, -0.2) is 37.3 Å². The second kappa shape index (κ2) is 5.63. The molecule has 124 valence electrons. The Morgan fingerprint density at radius 2 is 1.83 bits per heavy atom. The lowest BCUT2D eigenvalue weighted by atomic mass is 10.0. The maximum atomic E-state index is 12.3. The van der Waals surface area contributed by atoms with Gasteiger partial charge in [0.1, 0.15) is 0 Å². The van der Waals surface area contributed by atoms with Gasteiger partial charge in [-0.05, 0) is 50.5 Å². The van der Waals surface area contributed by atoms with Gasteiger partial charge in [-0.25, -0.2) is 8.42 Å². The zero-order valence-corrected chi connectivity index (χ0v) is 13.8. The van der Waals surface area contributed by atoms with Gasteiger partial charge < -0.3 is 10.6 Å². The fraction of sp³-hybridized carbons (Fsp3) is 0.500. The first-order valence-electron chi connectivity index (χ1n) is 7.70. The fourth-order valence-corrected chi connectivity index (χ4v) is 4.84. The van der Waals surface area contributed by atoms with Crippen LogP contribution in [0.5, 0.6) is 0 Å². The molecule has 1 saturated heterocycles. The van der Waals surface area contributed by atoms with Gasteiger partial charge in [-0.1, -0.05) is 0 Å². The van der Waals surface area contributed by atoms with E-state index in [9.17, 15) is 18.0 Å². The Balaban J connectivity index is 1.62. The SMILES string of the molecule is CC1(NC(=O)c2ccc(NC(=O)C3CC3)cc2)CCS(=O)(=O)C1. The van der Waals surface area contributed by atoms with Gasteiger partial charge in [0.05, 0.1) is 17.0 Å². The summed E-state index contributed by atoms with van der Waals surface area (Å²) in [5.41, 5.74) is 0.391. The van der Waals surface area contributed by atoms with Crippen LogP contribution in [0, 0.1) is 5.92 Å². The van der Waals surface area contributed by atoms with Crippen LogP contribution in [0.4, 0.5) is 5.69 Å². The van der Waals surface area contributed by atoms with E-state index in [1.54, 1.807) is 31.2 Å². The van der Waals surface area contributed by atoms with Gasteiger partial charge in [0.25, 0.3) is 5.91 Å². The van der Waals surface area contributed by atoms with Crippen LogP contribution in [0.3, 0.4) is 0 Å². The Morgan fingerprint density at radius 3 is 2.35 bits per heavy atom. The Morgan fingerprint density at radius 1 is 1.17 bits per heavy atom. The number of benzene rings is 1. The highest BCUT2D eigenvalue weighted by molar-refractivity contribution is 7.91. The van der Waals surface area contributed by atoms with E-state index >= 15 is 0 Å². The molecule has 1 heterocycles. The monoisotopic (exact) mass is 336 g/mol. The molecule has 1 unspecified atom stereocenters. The Hall–Kier alpha value is -1.89. The molecule has 23 heavy (non-hydrogen) atoms. The minimum atomic E-state index is -3.07. The number of rotatable bonds is 4. The maximum Gasteiger partial charge on any atom is 0.251 e. The highest BCUT2D eigenvalue weighted by atomic mass is 32.2. The topological polar surface area (TPSA) is 92.3 Å². The quantitative estimate of drug-likeness (QED) is 0.868. The van der Waals surface area contributed by atoms with E-state index in [0.29, 0.717) is 17.7 Å². The number of hydrogen-bond acceptors (Lipinski definition) is 4. The molecule has 1 aliphatic heterocycles. The van der Waals surface area contributed by atoms with Gasteiger partial charge in [0.2, 0.25) is 5.91 Å². The molecule has 2 fully saturated rings. The molecule has 0 radical (unpaired) electrons. The average molecular weight is 336 g/mol. The molecular weight excluding hydrogens is 316 g/mol. The summed E-state index contributed by atoms with van der Waals surface area (Å²) in [6.07, 6.45) is 2.30. The minimum absolute atomic E-state index is 0.0193. The van der Waals surface area contributed by atoms with Crippen molar-refractivity contribution in [2.45, 2.75) is 31.7 Å². The molecule has 1 aromatic rings. The number of amides is 2. The van der Waals surface area contributed by atoms with Crippen LogP contribution in [0.15, 0.2) is 24.3 Å². The number of carbonyl (C=O) groups excluding carboxylic acids is 2. The summed E-state index contributed by atoms with van der Waals surface area (Å²) in [6.45, 7) is 1.75. The van der Waals surface area contributed by atoms with E-state index in [4.69, 9.17) is 0 Å². The van der Waals surface area contributed by atoms with Crippen LogP contribution in [0.25, 0.3) is 0 Å². The van der Waals surface area contributed by atoms with Crippen molar-refractivity contribution in [3.8, 4) is 0 Å². The molecule has 2 N–H and O–H groups in total. The minimum Gasteiger partial charge on any atom is -0.346 e. The summed E-state index contributed by atoms with van der Waals surface area (Å²) in [4.78, 5) is 24.0. The van der Waals surface area contributed by atoms with Crippen LogP contribution in [0.1, 0.15) is 36.5 Å². The van der Waals surface area contributed by atoms with Gasteiger partial charge in [-0.2, -0.15) is 0 Å². The van der Waals surface area contributed by atoms with Crippen LogP contribution in [-0.2, 0) is 14.6 Å². The predicted molar refractivity (Wildman–Crippen MR) is 86.9 cm³/mol. The standard InChI is InChI=1S/C16H20N2O4S/c1-16(8-9-23(21,22)10-16)18-15(20)12-4-6-13(7-5-12)17-14(19)11-2-3-11/h4-7,11H,2-3,8-10H2,1H3,(H,17,19)(H,18,20). The first-order chi connectivity index (χ1) is 10.8. The van der Waals surface area contributed by atoms with E-state index in [1.165, 1.54) is 0 Å². The van der Waals surface area contributed by atoms with Crippen molar-refractivity contribution in [2.75, 3.05) is 16.8 Å². The second-order valence-corrected chi connectivity index (χ2v) is 8.88. The molecule has 3 rings (SSSR count). The highest BCUT2D eigenvalue weighted by Crippen LogP contribution is 2.30. The number of anilines is 1. The molecule has 2 aliphatic rings. The van der Waals surface area contributed by atoms with E-state index in [0.717, 1.165) is 12.8 Å². The van der Waals surface area contributed by atoms with E-state index < -0.39 is 15.4 Å². The maximum absolute atomic E-state index is 12.3. The summed E-state index contributed by atoms with van der Waals surface area (Å²) in [7, 11) is -3.07. The van der Waals surface area contributed by atoms with Gasteiger partial charge in [-0.15, -0.1) is 0 Å². The van der Waals surface area contributed by atoms with Crippen molar-refractivity contribution >= 4 is 27.3 Å². The third-order valence-electron chi connectivity index (χ3n) is 4.28. The van der Waals surface area contributed by atoms with Gasteiger partial charge >= 0.3 is 0 Å². The number of nitrogens with one attached hydrogen (secondary N) is 2. The van der Waals surface area contributed by atoms with Crippen LogP contribution < -0.4 is 10.6 Å². The molecule has 1 aromatic carbocycles. The number of hydrogen-bond donors (Lipinski definition) is 2. The molecule has 0 spiro atoms. The van der Waals surface area contributed by atoms with Crippen molar-refractivity contribution in [1.82, 2.24) is 5.32 Å². The first kappa shape index (κ1) is 16.0. The average Bonchev–Trinajstić information content (AvgIpc) is 3.26. The number of sulfone groups is 1. The molecule has 0 aromatic heterocycles. The Labute approximate surface area is 135 Å². The molecule has 1 atom stereocenters. The molecular formula is C16H20N2O4S. The van der Waals surface area contributed by atoms with E-state index in [1.807, 2.05) is 0 Å². The van der Waals surface area contributed by atoms with E-state index in [2.05, 4.69) is 10.6 Å². The van der Waals surface area contributed by atoms with Crippen molar-refractivity contribution in [3.05, 3.63) is 29.8 Å². The smallest absolute Gasteiger partial charge is 0.251 e. The highest BCUT2D eigenvalue weighted by Gasteiger charge is 2.39. The predicted octanol–water partition coefficient (Wildman–Crippen LogP) is 1.34. The largest absolute Gasteiger partial charge is 0.346 e. The van der Waals surface area contributed by atoms with Gasteiger partial charge in [0, 0.05) is 17.2 Å². The summed E-state index contributed by atoms with van der Waals surface area (Å²) in [5, 5.41) is 5.62. The van der Waals surface area contributed by atoms with Gasteiger partial charge in [0.15, 0.2) is 9.84 Å². The lowest BCUT2D eigenvalue weighted by molar-refractivity contribution is -0.117. The summed E-state index contributed by atoms with van der Waals surface area (Å²) < 4.78 is 23.2. The van der Waals surface area contributed by atoms with E-state index in [-0.39, 0.29) is 29.2 Å². The van der Waals surface area contributed by atoms with Crippen molar-refractivity contribution in [3.63, 3.8) is 0 Å². The molecule has 7 heteroatoms. The lowest BCUT2D eigenvalue weighted by Crippen LogP contribution is -2.46. The molecule has 1 aliphatic carbocycles. The molecule has 2 amide bonds. The van der Waals surface area contributed by atoms with Crippen LogP contribution in [0.2, 0.25) is 0 Å². The van der Waals surface area contributed by atoms with Crippen molar-refractivity contribution < 1.29 is 18.0 Å². The Kier molecular flexibility index (Phi) is 3.91.